The van der Waals surface area contributed by atoms with Gasteiger partial charge >= 0.3 is 0 Å². The van der Waals surface area contributed by atoms with Crippen LogP contribution in [-0.4, -0.2) is 24.5 Å². The Morgan fingerprint density at radius 3 is 2.87 bits per heavy atom. The van der Waals surface area contributed by atoms with Crippen LogP contribution in [0.4, 0.5) is 0 Å². The van der Waals surface area contributed by atoms with Gasteiger partial charge in [-0.05, 0) is 37.3 Å². The molecule has 0 radical (unpaired) electrons. The van der Waals surface area contributed by atoms with Gasteiger partial charge in [0.25, 0.3) is 0 Å². The summed E-state index contributed by atoms with van der Waals surface area (Å²) in [6, 6.07) is 2.49. The maximum absolute atomic E-state index is 6.08. The molecule has 1 atom stereocenters. The Balaban J connectivity index is 1.95. The molecule has 0 aliphatic heterocycles. The molecule has 1 unspecified atom stereocenters. The third kappa shape index (κ3) is 2.72. The quantitative estimate of drug-likeness (QED) is 0.863. The molecule has 2 N–H and O–H groups in total. The molecule has 1 heterocycles. The van der Waals surface area contributed by atoms with Gasteiger partial charge in [-0.3, -0.25) is 4.90 Å². The van der Waals surface area contributed by atoms with Crippen molar-refractivity contribution in [3.8, 4) is 0 Å². The van der Waals surface area contributed by atoms with Gasteiger partial charge < -0.3 is 5.73 Å². The first-order chi connectivity index (χ1) is 7.22. The summed E-state index contributed by atoms with van der Waals surface area (Å²) in [5.41, 5.74) is 5.81. The largest absolute Gasteiger partial charge is 0.329 e. The molecule has 4 heteroatoms. The molecule has 2 rings (SSSR count). The van der Waals surface area contributed by atoms with E-state index in [-0.39, 0.29) is 0 Å². The average Bonchev–Trinajstić information content (AvgIpc) is 2.95. The predicted octanol–water partition coefficient (Wildman–Crippen LogP) is 2.57. The topological polar surface area (TPSA) is 29.3 Å². The van der Waals surface area contributed by atoms with E-state index in [1.165, 1.54) is 17.7 Å². The molecule has 1 aliphatic carbocycles. The van der Waals surface area contributed by atoms with Crippen molar-refractivity contribution in [2.75, 3.05) is 13.6 Å². The van der Waals surface area contributed by atoms with Gasteiger partial charge in [0.05, 0.1) is 5.02 Å². The Morgan fingerprint density at radius 2 is 2.40 bits per heavy atom. The zero-order valence-electron chi connectivity index (χ0n) is 8.95. The third-order valence-corrected chi connectivity index (χ3v) is 4.43. The molecular formula is C11H17ClN2S. The van der Waals surface area contributed by atoms with Crippen molar-refractivity contribution in [3.63, 3.8) is 0 Å². The smallest absolute Gasteiger partial charge is 0.0558 e. The fourth-order valence-electron chi connectivity index (χ4n) is 1.99. The Hall–Kier alpha value is -0.0900. The second-order valence-corrected chi connectivity index (χ2v) is 5.66. The lowest BCUT2D eigenvalue weighted by Gasteiger charge is -2.26. The van der Waals surface area contributed by atoms with E-state index in [4.69, 9.17) is 17.3 Å². The summed E-state index contributed by atoms with van der Waals surface area (Å²) in [4.78, 5) is 3.59. The lowest BCUT2D eigenvalue weighted by Crippen LogP contribution is -2.38. The molecule has 1 aromatic rings. The molecule has 1 aromatic heterocycles. The Labute approximate surface area is 100 Å². The second kappa shape index (κ2) is 4.83. The van der Waals surface area contributed by atoms with Crippen molar-refractivity contribution < 1.29 is 0 Å². The summed E-state index contributed by atoms with van der Waals surface area (Å²) in [6.45, 7) is 1.68. The number of rotatable bonds is 5. The number of halogens is 1. The van der Waals surface area contributed by atoms with Gasteiger partial charge in [-0.2, -0.15) is 0 Å². The number of hydrogen-bond donors (Lipinski definition) is 1. The van der Waals surface area contributed by atoms with Gasteiger partial charge in [0.2, 0.25) is 0 Å². The Morgan fingerprint density at radius 1 is 1.67 bits per heavy atom. The SMILES string of the molecule is CN(Cc1sccc1Cl)C(CN)C1CC1. The minimum Gasteiger partial charge on any atom is -0.329 e. The summed E-state index contributed by atoms with van der Waals surface area (Å²) in [5.74, 6) is 0.818. The van der Waals surface area contributed by atoms with Gasteiger partial charge in [0.15, 0.2) is 0 Å². The summed E-state index contributed by atoms with van der Waals surface area (Å²) in [6.07, 6.45) is 2.68. The van der Waals surface area contributed by atoms with Crippen LogP contribution in [0.2, 0.25) is 5.02 Å². The van der Waals surface area contributed by atoms with Gasteiger partial charge in [0.1, 0.15) is 0 Å². The van der Waals surface area contributed by atoms with Gasteiger partial charge in [-0.1, -0.05) is 11.6 Å². The molecular weight excluding hydrogens is 228 g/mol. The molecule has 84 valence electrons. The standard InChI is InChI=1S/C11H17ClN2S/c1-14(10(6-13)8-2-3-8)7-11-9(12)4-5-15-11/h4-5,8,10H,2-3,6-7,13H2,1H3. The van der Waals surface area contributed by atoms with Crippen molar-refractivity contribution in [3.05, 3.63) is 21.3 Å². The van der Waals surface area contributed by atoms with Crippen LogP contribution in [0.3, 0.4) is 0 Å². The van der Waals surface area contributed by atoms with E-state index < -0.39 is 0 Å². The highest BCUT2D eigenvalue weighted by molar-refractivity contribution is 7.10. The zero-order valence-corrected chi connectivity index (χ0v) is 10.5. The lowest BCUT2D eigenvalue weighted by atomic mass is 10.1. The van der Waals surface area contributed by atoms with E-state index in [0.29, 0.717) is 6.04 Å². The number of nitrogens with two attached hydrogens (primary N) is 1. The first-order valence-corrected chi connectivity index (χ1v) is 6.60. The highest BCUT2D eigenvalue weighted by Gasteiger charge is 2.32. The van der Waals surface area contributed by atoms with Crippen molar-refractivity contribution >= 4 is 22.9 Å². The molecule has 15 heavy (non-hydrogen) atoms. The Kier molecular flexibility index (Phi) is 3.67. The van der Waals surface area contributed by atoms with E-state index >= 15 is 0 Å². The monoisotopic (exact) mass is 244 g/mol. The van der Waals surface area contributed by atoms with E-state index in [1.54, 1.807) is 11.3 Å². The molecule has 2 nitrogen and oxygen atoms in total. The maximum Gasteiger partial charge on any atom is 0.0558 e. The summed E-state index contributed by atoms with van der Waals surface area (Å²) in [5, 5.41) is 2.93. The molecule has 0 spiro atoms. The highest BCUT2D eigenvalue weighted by Crippen LogP contribution is 2.35. The van der Waals surface area contributed by atoms with Crippen LogP contribution >= 0.6 is 22.9 Å². The molecule has 0 amide bonds. The summed E-state index contributed by atoms with van der Waals surface area (Å²) in [7, 11) is 2.14. The molecule has 0 saturated heterocycles. The normalized spacial score (nSPS) is 18.4. The van der Waals surface area contributed by atoms with Gasteiger partial charge in [-0.25, -0.2) is 0 Å². The second-order valence-electron chi connectivity index (χ2n) is 4.25. The number of thiophene rings is 1. The fraction of sp³-hybridized carbons (Fsp3) is 0.636. The molecule has 1 saturated carbocycles. The van der Waals surface area contributed by atoms with Crippen LogP contribution in [0.5, 0.6) is 0 Å². The van der Waals surface area contributed by atoms with Crippen molar-refractivity contribution in [1.29, 1.82) is 0 Å². The minimum atomic E-state index is 0.531. The molecule has 1 fully saturated rings. The maximum atomic E-state index is 6.08. The van der Waals surface area contributed by atoms with Gasteiger partial charge in [0, 0.05) is 24.0 Å². The zero-order chi connectivity index (χ0) is 10.8. The molecule has 0 aromatic carbocycles. The number of hydrogen-bond acceptors (Lipinski definition) is 3. The minimum absolute atomic E-state index is 0.531. The summed E-state index contributed by atoms with van der Waals surface area (Å²) >= 11 is 7.80. The van der Waals surface area contributed by atoms with Crippen LogP contribution in [0, 0.1) is 5.92 Å². The fourth-order valence-corrected chi connectivity index (χ4v) is 3.15. The molecule has 0 bridgehead atoms. The Bertz CT molecular complexity index is 322. The molecule has 1 aliphatic rings. The lowest BCUT2D eigenvalue weighted by molar-refractivity contribution is 0.217. The van der Waals surface area contributed by atoms with E-state index in [1.807, 2.05) is 11.4 Å². The van der Waals surface area contributed by atoms with Crippen molar-refractivity contribution in [1.82, 2.24) is 4.90 Å². The number of nitrogens with zero attached hydrogens (tertiary/aromatic N) is 1. The number of likely N-dealkylation sites (N-methyl/N-ethyl adjacent to an activating group) is 1. The van der Waals surface area contributed by atoms with Crippen LogP contribution in [0.1, 0.15) is 17.7 Å². The third-order valence-electron chi connectivity index (χ3n) is 3.06. The average molecular weight is 245 g/mol. The van der Waals surface area contributed by atoms with Crippen molar-refractivity contribution in [2.24, 2.45) is 11.7 Å². The highest BCUT2D eigenvalue weighted by atomic mass is 35.5. The van der Waals surface area contributed by atoms with E-state index in [0.717, 1.165) is 24.0 Å². The van der Waals surface area contributed by atoms with Crippen LogP contribution in [-0.2, 0) is 6.54 Å². The summed E-state index contributed by atoms with van der Waals surface area (Å²) < 4.78 is 0. The van der Waals surface area contributed by atoms with Gasteiger partial charge in [-0.15, -0.1) is 11.3 Å². The van der Waals surface area contributed by atoms with Crippen LogP contribution < -0.4 is 5.73 Å². The van der Waals surface area contributed by atoms with Crippen LogP contribution in [0.25, 0.3) is 0 Å². The predicted molar refractivity (Wildman–Crippen MR) is 66.4 cm³/mol. The first-order valence-electron chi connectivity index (χ1n) is 5.34. The van der Waals surface area contributed by atoms with E-state index in [2.05, 4.69) is 11.9 Å². The van der Waals surface area contributed by atoms with Crippen molar-refractivity contribution in [2.45, 2.75) is 25.4 Å². The van der Waals surface area contributed by atoms with E-state index in [9.17, 15) is 0 Å². The first kappa shape index (κ1) is 11.4. The van der Waals surface area contributed by atoms with Crippen LogP contribution in [0.15, 0.2) is 11.4 Å².